The number of benzene rings is 9. The van der Waals surface area contributed by atoms with Crippen LogP contribution in [0.3, 0.4) is 0 Å². The molecule has 25 nitrogen and oxygen atoms in total. The number of amides is 6. The van der Waals surface area contributed by atoms with Crippen LogP contribution >= 0.6 is 23.2 Å². The molecule has 15 N–H and O–H groups in total. The molecular formula is C71H55Cl2N7O18. The van der Waals surface area contributed by atoms with Gasteiger partial charge in [0.2, 0.25) is 41.2 Å². The van der Waals surface area contributed by atoms with Gasteiger partial charge in [-0.15, -0.1) is 0 Å². The van der Waals surface area contributed by atoms with Crippen LogP contribution in [-0.4, -0.2) is 89.2 Å². The molecule has 6 aliphatic rings. The lowest BCUT2D eigenvalue weighted by Gasteiger charge is -2.31. The fourth-order valence-corrected chi connectivity index (χ4v) is 12.4. The molecule has 6 heterocycles. The van der Waals surface area contributed by atoms with E-state index >= 15 is 19.2 Å². The molecule has 0 fully saturated rings. The Labute approximate surface area is 564 Å². The highest BCUT2D eigenvalue weighted by molar-refractivity contribution is 6.32. The van der Waals surface area contributed by atoms with Gasteiger partial charge in [0.15, 0.2) is 29.0 Å². The van der Waals surface area contributed by atoms with Crippen LogP contribution in [0, 0.1) is 0 Å². The van der Waals surface area contributed by atoms with Crippen LogP contribution in [0.25, 0.3) is 22.3 Å². The molecule has 0 unspecified atom stereocenters. The van der Waals surface area contributed by atoms with E-state index in [1.54, 1.807) is 0 Å². The van der Waals surface area contributed by atoms with Crippen LogP contribution in [0.2, 0.25) is 10.0 Å². The van der Waals surface area contributed by atoms with E-state index in [9.17, 15) is 50.1 Å². The van der Waals surface area contributed by atoms with E-state index < -0.39 is 135 Å². The average molecular weight is 1370 g/mol. The Balaban J connectivity index is 1.04. The van der Waals surface area contributed by atoms with Crippen molar-refractivity contribution in [2.75, 3.05) is 0 Å². The molecule has 6 amide bonds. The van der Waals surface area contributed by atoms with Crippen molar-refractivity contribution in [2.45, 2.75) is 61.4 Å². The first-order valence-corrected chi connectivity index (χ1v) is 30.9. The second kappa shape index (κ2) is 26.3. The summed E-state index contributed by atoms with van der Waals surface area (Å²) in [6, 6.07) is 26.2. The van der Waals surface area contributed by atoms with Gasteiger partial charge in [0, 0.05) is 35.2 Å². The lowest BCUT2D eigenvalue weighted by Crippen LogP contribution is -2.55. The Kier molecular flexibility index (Phi) is 17.3. The molecule has 9 aromatic rings. The molecule has 9 aromatic carbocycles. The first-order valence-electron chi connectivity index (χ1n) is 30.1. The standard InChI is InChI=1S/C71H55Cl2N7O18/c72-45-18-32-8-16-51(45)97-54-25-39-26-55(64(54)95-30-31-6-9-34(10-7-31)33-4-2-1-3-5-33)98-52-17-13-37(23-46(52)73)63(86)62-70(92)79-61(71(93)94)44-28-41(82)29-50(85)56(44)43-22-36(12-14-48(43)83)58(67(89)80-62)77-69(91)60(39)78-68(90)59-38-20-40(81)27-42(21-38)96-53-24-35(11-15-49(53)84)57(74)66(88)75-47(19-32)65(87)76-59/h1-18,20-29,47,57-63,81-86H,19,30,74H2,(H,75,88)(H,76,87)(H,77,91)(H,78,90)(H,79,92)(H,80,89)(H,93,94)/t47-,57+,58-,59+,60-,61+,62+,63-/m1/s1. The molecule has 0 aromatic heterocycles. The van der Waals surface area contributed by atoms with Gasteiger partial charge < -0.3 is 92.3 Å². The van der Waals surface area contributed by atoms with Crippen molar-refractivity contribution < 1.29 is 88.3 Å². The molecule has 0 spiro atoms. The van der Waals surface area contributed by atoms with Crippen molar-refractivity contribution in [2.24, 2.45) is 5.73 Å². The third-order valence-electron chi connectivity index (χ3n) is 16.9. The summed E-state index contributed by atoms with van der Waals surface area (Å²) < 4.78 is 26.1. The van der Waals surface area contributed by atoms with Gasteiger partial charge in [-0.25, -0.2) is 4.79 Å². The number of carbonyl (C=O) groups is 7. The van der Waals surface area contributed by atoms with Crippen LogP contribution in [0.5, 0.6) is 69.0 Å². The number of nitrogens with two attached hydrogens (primary N) is 1. The van der Waals surface area contributed by atoms with E-state index in [-0.39, 0.29) is 91.1 Å². The summed E-state index contributed by atoms with van der Waals surface area (Å²) in [6.07, 6.45) is -2.47. The van der Waals surface area contributed by atoms with Crippen LogP contribution < -0.4 is 56.6 Å². The van der Waals surface area contributed by atoms with Gasteiger partial charge in [0.05, 0.1) is 10.0 Å². The molecule has 0 aliphatic carbocycles. The predicted octanol–water partition coefficient (Wildman–Crippen LogP) is 8.53. The number of fused-ring (bicyclic) bond motifs is 14. The number of carboxylic acid groups (broad SMARTS) is 1. The number of aliphatic hydroxyl groups is 1. The zero-order chi connectivity index (χ0) is 69.0. The number of carboxylic acids is 1. The fourth-order valence-electron chi connectivity index (χ4n) is 11.9. The topological polar surface area (TPSA) is 396 Å². The molecule has 6 aliphatic heterocycles. The Morgan fingerprint density at radius 2 is 1.09 bits per heavy atom. The molecule has 0 saturated heterocycles. The lowest BCUT2D eigenvalue weighted by molar-refractivity contribution is -0.143. The summed E-state index contributed by atoms with van der Waals surface area (Å²) in [5, 5.41) is 94.5. The van der Waals surface area contributed by atoms with E-state index in [1.807, 2.05) is 54.6 Å². The van der Waals surface area contributed by atoms with Crippen molar-refractivity contribution in [1.29, 1.82) is 0 Å². The van der Waals surface area contributed by atoms with Crippen molar-refractivity contribution in [3.05, 3.63) is 224 Å². The third-order valence-corrected chi connectivity index (χ3v) is 17.5. The highest BCUT2D eigenvalue weighted by Gasteiger charge is 2.41. The summed E-state index contributed by atoms with van der Waals surface area (Å²) in [6.45, 7) is -0.202. The maximum atomic E-state index is 16.1. The van der Waals surface area contributed by atoms with Crippen molar-refractivity contribution in [3.63, 3.8) is 0 Å². The number of hydrogen-bond acceptors (Lipinski definition) is 18. The van der Waals surface area contributed by atoms with Gasteiger partial charge in [-0.1, -0.05) is 102 Å². The summed E-state index contributed by atoms with van der Waals surface area (Å²) >= 11 is 14.2. The summed E-state index contributed by atoms with van der Waals surface area (Å²) in [5.74, 6) is -13.5. The number of aliphatic hydroxyl groups excluding tert-OH is 1. The van der Waals surface area contributed by atoms with E-state index in [1.165, 1.54) is 72.8 Å². The van der Waals surface area contributed by atoms with Crippen LogP contribution in [-0.2, 0) is 46.6 Å². The number of carbonyl (C=O) groups excluding carboxylic acids is 6. The van der Waals surface area contributed by atoms with E-state index in [4.69, 9.17) is 47.9 Å². The van der Waals surface area contributed by atoms with Gasteiger partial charge in [-0.3, -0.25) is 28.8 Å². The number of ether oxygens (including phenoxy) is 4. The number of phenolic OH excluding ortho intramolecular Hbond substituents is 5. The number of aromatic hydroxyl groups is 5. The minimum atomic E-state index is -2.20. The Morgan fingerprint density at radius 1 is 0.500 bits per heavy atom. The average Bonchev–Trinajstić information content (AvgIpc) is 0.771. The molecular weight excluding hydrogens is 1310 g/mol. The number of rotatable bonds is 5. The SMILES string of the molecule is N[C@@H]1C(=O)N[C@@H]2Cc3ccc(c(Cl)c3)Oc3cc4cc(c3OCc3ccc(-c5ccccc5)cc3)Oc3ccc(cc3Cl)[C@@H](O)[C@@H]3NC(=O)[C@H](NC(=O)[C@@H]4NC(=O)[C@@H](NC2=O)c2cc(O)cc(c2)Oc2cc1ccc2O)c1ccc(O)c(c1)-c1c(O)cc(O)cc1[C@@H](C(=O)O)NC3=O. The quantitative estimate of drug-likeness (QED) is 0.0767. The van der Waals surface area contributed by atoms with Crippen LogP contribution in [0.1, 0.15) is 80.8 Å². The number of hydrogen-bond donors (Lipinski definition) is 14. The summed E-state index contributed by atoms with van der Waals surface area (Å²) in [4.78, 5) is 105. The zero-order valence-electron chi connectivity index (χ0n) is 50.7. The maximum absolute atomic E-state index is 16.1. The molecule has 15 rings (SSSR count). The number of nitrogens with one attached hydrogen (secondary N) is 6. The van der Waals surface area contributed by atoms with Crippen molar-refractivity contribution >= 4 is 64.6 Å². The smallest absolute Gasteiger partial charge is 0.330 e. The zero-order valence-corrected chi connectivity index (χ0v) is 52.2. The summed E-state index contributed by atoms with van der Waals surface area (Å²) in [7, 11) is 0. The Hall–Kier alpha value is -12.0. The van der Waals surface area contributed by atoms with Gasteiger partial charge in [-0.05, 0) is 129 Å². The van der Waals surface area contributed by atoms with Crippen molar-refractivity contribution in [1.82, 2.24) is 31.9 Å². The number of halogens is 2. The first-order chi connectivity index (χ1) is 47.0. The minimum absolute atomic E-state index is 0.0676. The first kappa shape index (κ1) is 64.7. The van der Waals surface area contributed by atoms with E-state index in [0.717, 1.165) is 53.6 Å². The molecule has 17 bridgehead atoms. The lowest BCUT2D eigenvalue weighted by atomic mass is 9.89. The molecule has 8 atom stereocenters. The summed E-state index contributed by atoms with van der Waals surface area (Å²) in [5.41, 5.74) is 7.12. The highest BCUT2D eigenvalue weighted by atomic mass is 35.5. The predicted molar refractivity (Wildman–Crippen MR) is 349 cm³/mol. The Morgan fingerprint density at radius 3 is 1.78 bits per heavy atom. The van der Waals surface area contributed by atoms with Crippen LogP contribution in [0.4, 0.5) is 0 Å². The van der Waals surface area contributed by atoms with Gasteiger partial charge in [0.25, 0.3) is 0 Å². The van der Waals surface area contributed by atoms with Gasteiger partial charge >= 0.3 is 5.97 Å². The second-order valence-corrected chi connectivity index (χ2v) is 24.2. The maximum Gasteiger partial charge on any atom is 0.330 e. The molecule has 496 valence electrons. The fraction of sp³-hybridized carbons (Fsp3) is 0.141. The normalized spacial score (nSPS) is 20.6. The Bertz CT molecular complexity index is 4790. The van der Waals surface area contributed by atoms with Crippen LogP contribution in [0.15, 0.2) is 170 Å². The van der Waals surface area contributed by atoms with E-state index in [0.29, 0.717) is 11.1 Å². The third kappa shape index (κ3) is 13.0. The van der Waals surface area contributed by atoms with Crippen molar-refractivity contribution in [3.8, 4) is 91.2 Å². The monoisotopic (exact) mass is 1360 g/mol. The number of aliphatic carboxylic acids is 1. The largest absolute Gasteiger partial charge is 0.508 e. The van der Waals surface area contributed by atoms with Gasteiger partial charge in [-0.2, -0.15) is 0 Å². The second-order valence-electron chi connectivity index (χ2n) is 23.4. The van der Waals surface area contributed by atoms with E-state index in [2.05, 4.69) is 31.9 Å². The molecule has 0 radical (unpaired) electrons. The molecule has 98 heavy (non-hydrogen) atoms. The molecule has 27 heteroatoms. The highest BCUT2D eigenvalue weighted by Crippen LogP contribution is 2.49. The van der Waals surface area contributed by atoms with Gasteiger partial charge in [0.1, 0.15) is 89.2 Å². The minimum Gasteiger partial charge on any atom is -0.508 e. The number of phenols is 5. The molecule has 0 saturated carbocycles.